The molecule has 0 bridgehead atoms. The Morgan fingerprint density at radius 1 is 0.892 bits per heavy atom. The van der Waals surface area contributed by atoms with Gasteiger partial charge in [0.1, 0.15) is 6.04 Å². The first-order chi connectivity index (χ1) is 17.8. The number of carbonyl (C=O) groups is 5. The van der Waals surface area contributed by atoms with E-state index < -0.39 is 42.4 Å². The number of amides is 2. The number of nitrogens with one attached hydrogen (secondary N) is 2. The van der Waals surface area contributed by atoms with Crippen LogP contribution >= 0.6 is 11.3 Å². The SMILES string of the molecule is COC(=O)c1ccc(C(=O)OC)c(NC(=O)COC(=O)C(Cc2ccccc2)NC(=O)c2cccs2)c1. The number of anilines is 1. The molecule has 1 atom stereocenters. The molecule has 2 N–H and O–H groups in total. The number of methoxy groups -OCH3 is 2. The van der Waals surface area contributed by atoms with Gasteiger partial charge in [-0.25, -0.2) is 14.4 Å². The molecule has 11 heteroatoms. The van der Waals surface area contributed by atoms with Crippen molar-refractivity contribution in [3.63, 3.8) is 0 Å². The minimum Gasteiger partial charge on any atom is -0.465 e. The standard InChI is InChI=1S/C26H24N2O8S/c1-34-24(31)17-10-11-18(25(32)35-2)19(14-17)27-22(29)15-36-26(33)20(13-16-7-4-3-5-8-16)28-23(30)21-9-6-12-37-21/h3-12,14,20H,13,15H2,1-2H3,(H,27,29)(H,28,30). The highest BCUT2D eigenvalue weighted by molar-refractivity contribution is 7.12. The lowest BCUT2D eigenvalue weighted by molar-refractivity contribution is -0.149. The Kier molecular flexibility index (Phi) is 9.50. The monoisotopic (exact) mass is 524 g/mol. The van der Waals surface area contributed by atoms with Crippen LogP contribution in [-0.2, 0) is 30.2 Å². The number of carbonyl (C=O) groups excluding carboxylic acids is 5. The fraction of sp³-hybridized carbons (Fsp3) is 0.192. The largest absolute Gasteiger partial charge is 0.465 e. The Labute approximate surface area is 216 Å². The second kappa shape index (κ2) is 13.0. The average Bonchev–Trinajstić information content (AvgIpc) is 3.46. The molecular formula is C26H24N2O8S. The van der Waals surface area contributed by atoms with Crippen LogP contribution in [0.3, 0.4) is 0 Å². The van der Waals surface area contributed by atoms with Gasteiger partial charge in [-0.3, -0.25) is 9.59 Å². The fourth-order valence-electron chi connectivity index (χ4n) is 3.28. The lowest BCUT2D eigenvalue weighted by atomic mass is 10.1. The summed E-state index contributed by atoms with van der Waals surface area (Å²) in [5.74, 6) is -3.46. The van der Waals surface area contributed by atoms with E-state index in [1.807, 2.05) is 6.07 Å². The molecule has 3 aromatic rings. The lowest BCUT2D eigenvalue weighted by Gasteiger charge is -2.18. The molecular weight excluding hydrogens is 500 g/mol. The van der Waals surface area contributed by atoms with Crippen molar-refractivity contribution in [1.82, 2.24) is 5.32 Å². The van der Waals surface area contributed by atoms with Crippen molar-refractivity contribution in [3.8, 4) is 0 Å². The van der Waals surface area contributed by atoms with Crippen molar-refractivity contribution >= 4 is 46.7 Å². The van der Waals surface area contributed by atoms with E-state index in [4.69, 9.17) is 9.47 Å². The molecule has 2 aromatic carbocycles. The van der Waals surface area contributed by atoms with Gasteiger partial charge in [-0.05, 0) is 35.2 Å². The van der Waals surface area contributed by atoms with Gasteiger partial charge in [0.25, 0.3) is 11.8 Å². The molecule has 0 radical (unpaired) electrons. The average molecular weight is 525 g/mol. The quantitative estimate of drug-likeness (QED) is 0.305. The zero-order chi connectivity index (χ0) is 26.8. The molecule has 37 heavy (non-hydrogen) atoms. The predicted octanol–water partition coefficient (Wildman–Crippen LogP) is 2.84. The summed E-state index contributed by atoms with van der Waals surface area (Å²) >= 11 is 1.22. The highest BCUT2D eigenvalue weighted by Gasteiger charge is 2.25. The lowest BCUT2D eigenvalue weighted by Crippen LogP contribution is -2.43. The maximum absolute atomic E-state index is 12.9. The Bertz CT molecular complexity index is 1270. The van der Waals surface area contributed by atoms with Gasteiger partial charge in [-0.2, -0.15) is 0 Å². The molecule has 1 unspecified atom stereocenters. The van der Waals surface area contributed by atoms with Crippen molar-refractivity contribution in [2.75, 3.05) is 26.1 Å². The number of esters is 3. The van der Waals surface area contributed by atoms with E-state index in [2.05, 4.69) is 15.4 Å². The van der Waals surface area contributed by atoms with E-state index in [9.17, 15) is 24.0 Å². The number of hydrogen-bond acceptors (Lipinski definition) is 9. The van der Waals surface area contributed by atoms with Crippen LogP contribution < -0.4 is 10.6 Å². The van der Waals surface area contributed by atoms with Crippen LogP contribution in [0.5, 0.6) is 0 Å². The molecule has 1 aromatic heterocycles. The van der Waals surface area contributed by atoms with Gasteiger partial charge in [-0.15, -0.1) is 11.3 Å². The topological polar surface area (TPSA) is 137 Å². The molecule has 0 aliphatic heterocycles. The third-order valence-electron chi connectivity index (χ3n) is 5.08. The van der Waals surface area contributed by atoms with Crippen molar-refractivity contribution in [2.45, 2.75) is 12.5 Å². The molecule has 1 heterocycles. The van der Waals surface area contributed by atoms with Gasteiger partial charge >= 0.3 is 17.9 Å². The third-order valence-corrected chi connectivity index (χ3v) is 5.95. The molecule has 192 valence electrons. The van der Waals surface area contributed by atoms with Gasteiger partial charge in [0.05, 0.1) is 35.9 Å². The number of benzene rings is 2. The first kappa shape index (κ1) is 27.1. The summed E-state index contributed by atoms with van der Waals surface area (Å²) in [6.45, 7) is -0.706. The van der Waals surface area contributed by atoms with Crippen molar-refractivity contribution in [1.29, 1.82) is 0 Å². The molecule has 0 saturated heterocycles. The molecule has 2 amide bonds. The molecule has 10 nitrogen and oxygen atoms in total. The normalized spacial score (nSPS) is 11.1. The van der Waals surface area contributed by atoms with E-state index in [0.717, 1.165) is 5.56 Å². The van der Waals surface area contributed by atoms with Gasteiger partial charge in [0.2, 0.25) is 0 Å². The first-order valence-corrected chi connectivity index (χ1v) is 11.9. The molecule has 0 saturated carbocycles. The number of rotatable bonds is 10. The van der Waals surface area contributed by atoms with Crippen LogP contribution in [0, 0.1) is 0 Å². The van der Waals surface area contributed by atoms with Crippen LogP contribution in [0.2, 0.25) is 0 Å². The Balaban J connectivity index is 1.70. The Morgan fingerprint density at radius 2 is 1.62 bits per heavy atom. The number of thiophene rings is 1. The van der Waals surface area contributed by atoms with Crippen LogP contribution in [0.1, 0.15) is 36.0 Å². The highest BCUT2D eigenvalue weighted by atomic mass is 32.1. The van der Waals surface area contributed by atoms with Crippen LogP contribution in [-0.4, -0.2) is 56.6 Å². The predicted molar refractivity (Wildman–Crippen MR) is 134 cm³/mol. The van der Waals surface area contributed by atoms with Crippen molar-refractivity contribution < 1.29 is 38.2 Å². The van der Waals surface area contributed by atoms with Gasteiger partial charge in [-0.1, -0.05) is 36.4 Å². The summed E-state index contributed by atoms with van der Waals surface area (Å²) in [6, 6.07) is 15.2. The van der Waals surface area contributed by atoms with E-state index in [0.29, 0.717) is 4.88 Å². The summed E-state index contributed by atoms with van der Waals surface area (Å²) < 4.78 is 14.6. The Hall–Kier alpha value is -4.51. The van der Waals surface area contributed by atoms with Crippen molar-refractivity contribution in [2.24, 2.45) is 0 Å². The molecule has 3 rings (SSSR count). The molecule has 0 fully saturated rings. The first-order valence-electron chi connectivity index (χ1n) is 11.0. The maximum Gasteiger partial charge on any atom is 0.339 e. The minimum atomic E-state index is -1.06. The summed E-state index contributed by atoms with van der Waals surface area (Å²) in [4.78, 5) is 62.4. The van der Waals surface area contributed by atoms with Crippen molar-refractivity contribution in [3.05, 3.63) is 87.6 Å². The molecule has 0 spiro atoms. The summed E-state index contributed by atoms with van der Waals surface area (Å²) in [5, 5.41) is 6.83. The Morgan fingerprint density at radius 3 is 2.27 bits per heavy atom. The van der Waals surface area contributed by atoms with Gasteiger partial charge in [0, 0.05) is 6.42 Å². The summed E-state index contributed by atoms with van der Waals surface area (Å²) in [7, 11) is 2.36. The van der Waals surface area contributed by atoms with E-state index in [1.165, 1.54) is 43.8 Å². The van der Waals surface area contributed by atoms with Gasteiger partial charge in [0.15, 0.2) is 6.61 Å². The van der Waals surface area contributed by atoms with Crippen LogP contribution in [0.4, 0.5) is 5.69 Å². The zero-order valence-electron chi connectivity index (χ0n) is 20.0. The van der Waals surface area contributed by atoms with E-state index in [-0.39, 0.29) is 23.2 Å². The summed E-state index contributed by atoms with van der Waals surface area (Å²) in [6.07, 6.45) is 0.145. The maximum atomic E-state index is 12.9. The third kappa shape index (κ3) is 7.48. The van der Waals surface area contributed by atoms with Crippen LogP contribution in [0.15, 0.2) is 66.0 Å². The van der Waals surface area contributed by atoms with E-state index >= 15 is 0 Å². The second-order valence-corrected chi connectivity index (χ2v) is 8.54. The second-order valence-electron chi connectivity index (χ2n) is 7.59. The van der Waals surface area contributed by atoms with Crippen LogP contribution in [0.25, 0.3) is 0 Å². The minimum absolute atomic E-state index is 0.0139. The van der Waals surface area contributed by atoms with Gasteiger partial charge < -0.3 is 24.8 Å². The molecule has 0 aliphatic rings. The van der Waals surface area contributed by atoms with E-state index in [1.54, 1.807) is 41.8 Å². The molecule has 0 aliphatic carbocycles. The zero-order valence-corrected chi connectivity index (χ0v) is 20.8. The number of hydrogen-bond donors (Lipinski definition) is 2. The fourth-order valence-corrected chi connectivity index (χ4v) is 3.91. The smallest absolute Gasteiger partial charge is 0.339 e. The summed E-state index contributed by atoms with van der Waals surface area (Å²) in [5.41, 5.74) is 0.826. The highest BCUT2D eigenvalue weighted by Crippen LogP contribution is 2.20. The number of ether oxygens (including phenoxy) is 3.